The molecule has 11 heteroatoms. The topological polar surface area (TPSA) is 150 Å². The molecule has 27 heavy (non-hydrogen) atoms. The van der Waals surface area contributed by atoms with E-state index in [2.05, 4.69) is 20.6 Å². The van der Waals surface area contributed by atoms with Gasteiger partial charge in [-0.25, -0.2) is 4.99 Å². The molecule has 1 aliphatic rings. The van der Waals surface area contributed by atoms with Crippen molar-refractivity contribution in [3.05, 3.63) is 48.3 Å². The first-order chi connectivity index (χ1) is 13.0. The molecule has 3 rings (SSSR count). The van der Waals surface area contributed by atoms with Gasteiger partial charge in [0.25, 0.3) is 5.91 Å². The normalized spacial score (nSPS) is 15.4. The van der Waals surface area contributed by atoms with Gasteiger partial charge in [-0.2, -0.15) is 4.99 Å². The molecule has 1 aliphatic heterocycles. The third kappa shape index (κ3) is 4.79. The number of thioether (sulfide) groups is 1. The molecule has 138 valence electrons. The molecule has 0 bridgehead atoms. The van der Waals surface area contributed by atoms with Gasteiger partial charge >= 0.3 is 5.91 Å². The van der Waals surface area contributed by atoms with E-state index in [1.165, 1.54) is 24.7 Å². The van der Waals surface area contributed by atoms with Crippen LogP contribution in [0.25, 0.3) is 0 Å². The van der Waals surface area contributed by atoms with Crippen molar-refractivity contribution < 1.29 is 23.2 Å². The van der Waals surface area contributed by atoms with E-state index < -0.39 is 23.4 Å². The molecule has 0 unspecified atom stereocenters. The average molecular weight is 387 g/mol. The molecule has 0 spiro atoms. The highest BCUT2D eigenvalue weighted by Gasteiger charge is 2.26. The van der Waals surface area contributed by atoms with Crippen LogP contribution in [0.3, 0.4) is 0 Å². The first-order valence-corrected chi connectivity index (χ1v) is 8.59. The smallest absolute Gasteiger partial charge is 0.313 e. The number of hydrogen-bond donors (Lipinski definition) is 3. The first kappa shape index (κ1) is 18.3. The van der Waals surface area contributed by atoms with E-state index in [-0.39, 0.29) is 29.1 Å². The second-order valence-corrected chi connectivity index (χ2v) is 6.07. The zero-order valence-electron chi connectivity index (χ0n) is 13.7. The summed E-state index contributed by atoms with van der Waals surface area (Å²) in [5.41, 5.74) is -0.428. The minimum Gasteiger partial charge on any atom is -0.467 e. The summed E-state index contributed by atoms with van der Waals surface area (Å²) in [6, 6.07) is 6.33. The van der Waals surface area contributed by atoms with Gasteiger partial charge in [0, 0.05) is 0 Å². The van der Waals surface area contributed by atoms with Crippen LogP contribution in [0.5, 0.6) is 0 Å². The number of rotatable bonds is 5. The third-order valence-electron chi connectivity index (χ3n) is 3.20. The van der Waals surface area contributed by atoms with Crippen molar-refractivity contribution in [1.29, 1.82) is 5.41 Å². The van der Waals surface area contributed by atoms with E-state index >= 15 is 0 Å². The highest BCUT2D eigenvalue weighted by Crippen LogP contribution is 2.09. The number of nitrogens with one attached hydrogen (secondary N) is 3. The second kappa shape index (κ2) is 8.27. The van der Waals surface area contributed by atoms with Gasteiger partial charge < -0.3 is 14.2 Å². The van der Waals surface area contributed by atoms with Gasteiger partial charge in [-0.05, 0) is 24.3 Å². The van der Waals surface area contributed by atoms with E-state index in [4.69, 9.17) is 14.2 Å². The first-order valence-electron chi connectivity index (χ1n) is 7.60. The highest BCUT2D eigenvalue weighted by molar-refractivity contribution is 8.14. The lowest BCUT2D eigenvalue weighted by Crippen LogP contribution is -2.44. The average Bonchev–Trinajstić information content (AvgIpc) is 3.34. The lowest BCUT2D eigenvalue weighted by molar-refractivity contribution is -0.118. The molecule has 0 saturated carbocycles. The summed E-state index contributed by atoms with van der Waals surface area (Å²) in [7, 11) is 0. The van der Waals surface area contributed by atoms with Gasteiger partial charge in [0.05, 0.1) is 24.8 Å². The van der Waals surface area contributed by atoms with E-state index in [9.17, 15) is 14.4 Å². The maximum atomic E-state index is 12.1. The van der Waals surface area contributed by atoms with Crippen molar-refractivity contribution >= 4 is 46.2 Å². The Hall–Kier alpha value is -3.47. The summed E-state index contributed by atoms with van der Waals surface area (Å²) in [6.07, 6.45) is 2.80. The van der Waals surface area contributed by atoms with Crippen molar-refractivity contribution in [1.82, 2.24) is 10.6 Å². The number of nitrogens with zero attached hydrogens (tertiary/aromatic N) is 2. The van der Waals surface area contributed by atoms with E-state index in [0.29, 0.717) is 5.76 Å². The summed E-state index contributed by atoms with van der Waals surface area (Å²) < 4.78 is 9.99. The molecule has 10 nitrogen and oxygen atoms in total. The van der Waals surface area contributed by atoms with Crippen molar-refractivity contribution in [3.8, 4) is 0 Å². The molecule has 3 N–H and O–H groups in total. The Balaban J connectivity index is 1.55. The molecule has 0 saturated heterocycles. The van der Waals surface area contributed by atoms with Gasteiger partial charge in [0.2, 0.25) is 5.91 Å². The summed E-state index contributed by atoms with van der Waals surface area (Å²) in [4.78, 5) is 43.2. The van der Waals surface area contributed by atoms with Gasteiger partial charge in [0.1, 0.15) is 5.76 Å². The number of amides is 3. The number of furan rings is 2. The van der Waals surface area contributed by atoms with Crippen molar-refractivity contribution in [2.45, 2.75) is 6.54 Å². The second-order valence-electron chi connectivity index (χ2n) is 5.11. The van der Waals surface area contributed by atoms with Crippen molar-refractivity contribution in [3.63, 3.8) is 0 Å². The summed E-state index contributed by atoms with van der Waals surface area (Å²) in [6.45, 7) is 0.243. The van der Waals surface area contributed by atoms with Gasteiger partial charge in [0.15, 0.2) is 22.5 Å². The fourth-order valence-corrected chi connectivity index (χ4v) is 2.65. The Labute approximate surface area is 156 Å². The summed E-state index contributed by atoms with van der Waals surface area (Å²) in [5.74, 6) is -1.79. The molecular formula is C16H13N5O5S. The lowest BCUT2D eigenvalue weighted by Gasteiger charge is -2.14. The SMILES string of the molecule is N=C1N=C(SCC(=O)NCc2ccco2)NC(=O)C1=NC(=O)c1ccco1. The zero-order valence-corrected chi connectivity index (χ0v) is 14.5. The number of carbonyl (C=O) groups excluding carboxylic acids is 3. The Morgan fingerprint density at radius 2 is 2.04 bits per heavy atom. The molecule has 0 aliphatic carbocycles. The minimum absolute atomic E-state index is 0.0229. The van der Waals surface area contributed by atoms with Crippen LogP contribution < -0.4 is 10.6 Å². The van der Waals surface area contributed by atoms with Gasteiger partial charge in [-0.3, -0.25) is 25.1 Å². The molecule has 3 amide bonds. The molecule has 0 atom stereocenters. The number of aliphatic imine (C=N–C) groups is 2. The molecular weight excluding hydrogens is 374 g/mol. The number of amidine groups is 2. The number of hydrogen-bond acceptors (Lipinski definition) is 7. The maximum absolute atomic E-state index is 12.1. The van der Waals surface area contributed by atoms with E-state index in [1.54, 1.807) is 12.1 Å². The van der Waals surface area contributed by atoms with E-state index in [0.717, 1.165) is 11.8 Å². The van der Waals surface area contributed by atoms with Gasteiger partial charge in [-0.1, -0.05) is 11.8 Å². The van der Waals surface area contributed by atoms with Crippen molar-refractivity contribution in [2.24, 2.45) is 9.98 Å². The lowest BCUT2D eigenvalue weighted by atomic mass is 10.3. The fraction of sp³-hybridized carbons (Fsp3) is 0.125. The standard InChI is InChI=1S/C16H13N5O5S/c17-13-12(19-14(23)10-4-2-6-26-10)15(24)21-16(20-13)27-8-11(22)18-7-9-3-1-5-25-9/h1-6H,7-8H2,(H,18,22)(H2,17,20,21,24). The molecule has 0 aromatic carbocycles. The predicted molar refractivity (Wildman–Crippen MR) is 96.8 cm³/mol. The van der Waals surface area contributed by atoms with Crippen LogP contribution in [0.2, 0.25) is 0 Å². The third-order valence-corrected chi connectivity index (χ3v) is 4.07. The fourth-order valence-electron chi connectivity index (χ4n) is 1.96. The Morgan fingerprint density at radius 1 is 1.26 bits per heavy atom. The molecule has 3 heterocycles. The van der Waals surface area contributed by atoms with Crippen LogP contribution >= 0.6 is 11.8 Å². The Kier molecular flexibility index (Phi) is 5.61. The molecule has 2 aromatic heterocycles. The van der Waals surface area contributed by atoms with Crippen LogP contribution in [0.4, 0.5) is 0 Å². The largest absolute Gasteiger partial charge is 0.467 e. The van der Waals surface area contributed by atoms with Crippen LogP contribution in [0.15, 0.2) is 55.6 Å². The van der Waals surface area contributed by atoms with Crippen molar-refractivity contribution in [2.75, 3.05) is 5.75 Å². The van der Waals surface area contributed by atoms with Crippen LogP contribution in [-0.2, 0) is 16.1 Å². The summed E-state index contributed by atoms with van der Waals surface area (Å²) in [5, 5.41) is 12.9. The number of carbonyl (C=O) groups is 3. The van der Waals surface area contributed by atoms with Crippen LogP contribution in [0, 0.1) is 5.41 Å². The van der Waals surface area contributed by atoms with E-state index in [1.807, 2.05) is 0 Å². The summed E-state index contributed by atoms with van der Waals surface area (Å²) >= 11 is 0.945. The predicted octanol–water partition coefficient (Wildman–Crippen LogP) is 0.966. The van der Waals surface area contributed by atoms with Gasteiger partial charge in [-0.15, -0.1) is 0 Å². The molecule has 0 fully saturated rings. The Morgan fingerprint density at radius 3 is 2.70 bits per heavy atom. The highest BCUT2D eigenvalue weighted by atomic mass is 32.2. The monoisotopic (exact) mass is 387 g/mol. The molecule has 2 aromatic rings. The maximum Gasteiger partial charge on any atom is 0.313 e. The van der Waals surface area contributed by atoms with Crippen LogP contribution in [-0.4, -0.2) is 40.2 Å². The minimum atomic E-state index is -0.793. The molecule has 0 radical (unpaired) electrons. The zero-order chi connectivity index (χ0) is 19.2. The quantitative estimate of drug-likeness (QED) is 0.695. The van der Waals surface area contributed by atoms with Crippen LogP contribution in [0.1, 0.15) is 16.3 Å². The Bertz CT molecular complexity index is 931.